The minimum absolute atomic E-state index is 0.250. The first-order valence-corrected chi connectivity index (χ1v) is 9.07. The second-order valence-corrected chi connectivity index (χ2v) is 8.25. The van der Waals surface area contributed by atoms with Crippen LogP contribution in [0.2, 0.25) is 0 Å². The van der Waals surface area contributed by atoms with Crippen molar-refractivity contribution in [2.24, 2.45) is 23.2 Å². The maximum Gasteiger partial charge on any atom is 0.0672 e. The normalized spacial score (nSPS) is 31.5. The summed E-state index contributed by atoms with van der Waals surface area (Å²) < 4.78 is 0. The van der Waals surface area contributed by atoms with Gasteiger partial charge in [-0.05, 0) is 56.4 Å². The van der Waals surface area contributed by atoms with Gasteiger partial charge in [0.05, 0.1) is 12.0 Å². The van der Waals surface area contributed by atoms with E-state index in [2.05, 4.69) is 38.8 Å². The summed E-state index contributed by atoms with van der Waals surface area (Å²) in [6, 6.07) is 3.09. The molecule has 0 aromatic rings. The van der Waals surface area contributed by atoms with Crippen molar-refractivity contribution in [2.45, 2.75) is 78.2 Å². The van der Waals surface area contributed by atoms with Crippen LogP contribution in [0.4, 0.5) is 0 Å². The summed E-state index contributed by atoms with van der Waals surface area (Å²) in [4.78, 5) is 2.54. The molecule has 0 spiro atoms. The van der Waals surface area contributed by atoms with Crippen molar-refractivity contribution in [3.8, 4) is 6.07 Å². The van der Waals surface area contributed by atoms with Gasteiger partial charge in [-0.1, -0.05) is 40.0 Å². The molecule has 0 amide bonds. The first-order chi connectivity index (χ1) is 9.97. The summed E-state index contributed by atoms with van der Waals surface area (Å²) in [7, 11) is 2.27. The van der Waals surface area contributed by atoms with Crippen LogP contribution in [0.1, 0.15) is 72.1 Å². The Kier molecular flexibility index (Phi) is 5.72. The quantitative estimate of drug-likeness (QED) is 0.723. The van der Waals surface area contributed by atoms with Crippen molar-refractivity contribution in [3.05, 3.63) is 0 Å². The van der Waals surface area contributed by atoms with E-state index in [1.54, 1.807) is 0 Å². The largest absolute Gasteiger partial charge is 0.302 e. The number of nitrogens with zero attached hydrogens (tertiary/aromatic N) is 2. The molecule has 0 aliphatic heterocycles. The lowest BCUT2D eigenvalue weighted by molar-refractivity contribution is 0.0577. The highest BCUT2D eigenvalue weighted by Gasteiger charge is 2.39. The van der Waals surface area contributed by atoms with Crippen molar-refractivity contribution in [1.82, 2.24) is 4.90 Å². The zero-order chi connectivity index (χ0) is 15.5. The van der Waals surface area contributed by atoms with E-state index in [-0.39, 0.29) is 5.92 Å². The Balaban J connectivity index is 2.00. The molecule has 2 heteroatoms. The summed E-state index contributed by atoms with van der Waals surface area (Å²) in [5, 5.41) is 9.54. The van der Waals surface area contributed by atoms with Gasteiger partial charge in [0, 0.05) is 12.6 Å². The molecular formula is C19H34N2. The lowest BCUT2D eigenvalue weighted by atomic mass is 9.66. The molecule has 0 heterocycles. The third-order valence-electron chi connectivity index (χ3n) is 6.59. The molecule has 2 aliphatic rings. The molecule has 3 unspecified atom stereocenters. The number of rotatable bonds is 5. The smallest absolute Gasteiger partial charge is 0.0672 e. The van der Waals surface area contributed by atoms with Gasteiger partial charge in [0.25, 0.3) is 0 Å². The minimum atomic E-state index is 0.250. The van der Waals surface area contributed by atoms with E-state index in [9.17, 15) is 5.26 Å². The van der Waals surface area contributed by atoms with Crippen molar-refractivity contribution >= 4 is 0 Å². The first kappa shape index (κ1) is 16.8. The van der Waals surface area contributed by atoms with Gasteiger partial charge in [-0.25, -0.2) is 0 Å². The van der Waals surface area contributed by atoms with E-state index < -0.39 is 0 Å². The fraction of sp³-hybridized carbons (Fsp3) is 0.947. The minimum Gasteiger partial charge on any atom is -0.302 e. The van der Waals surface area contributed by atoms with Gasteiger partial charge >= 0.3 is 0 Å². The van der Waals surface area contributed by atoms with Crippen LogP contribution in [0.15, 0.2) is 0 Å². The third-order valence-corrected chi connectivity index (χ3v) is 6.59. The maximum atomic E-state index is 9.54. The van der Waals surface area contributed by atoms with E-state index in [1.165, 1.54) is 51.5 Å². The van der Waals surface area contributed by atoms with Gasteiger partial charge in [-0.3, -0.25) is 0 Å². The highest BCUT2D eigenvalue weighted by atomic mass is 15.1. The predicted octanol–water partition coefficient (Wildman–Crippen LogP) is 4.85. The number of hydrogen-bond acceptors (Lipinski definition) is 2. The molecule has 0 N–H and O–H groups in total. The molecule has 2 nitrogen and oxygen atoms in total. The molecule has 0 bridgehead atoms. The van der Waals surface area contributed by atoms with Crippen LogP contribution in [0.5, 0.6) is 0 Å². The highest BCUT2D eigenvalue weighted by Crippen LogP contribution is 2.43. The van der Waals surface area contributed by atoms with Gasteiger partial charge < -0.3 is 4.90 Å². The first-order valence-electron chi connectivity index (χ1n) is 9.07. The van der Waals surface area contributed by atoms with Crippen molar-refractivity contribution in [2.75, 3.05) is 13.6 Å². The van der Waals surface area contributed by atoms with Crippen molar-refractivity contribution in [3.63, 3.8) is 0 Å². The zero-order valence-electron chi connectivity index (χ0n) is 14.6. The topological polar surface area (TPSA) is 27.0 Å². The summed E-state index contributed by atoms with van der Waals surface area (Å²) in [6.45, 7) is 8.35. The van der Waals surface area contributed by atoms with Crippen LogP contribution in [0, 0.1) is 34.5 Å². The summed E-state index contributed by atoms with van der Waals surface area (Å²) in [5.74, 6) is 1.91. The number of nitriles is 1. The average Bonchev–Trinajstić information content (AvgIpc) is 2.99. The molecule has 2 saturated carbocycles. The predicted molar refractivity (Wildman–Crippen MR) is 88.9 cm³/mol. The molecule has 0 aromatic heterocycles. The number of hydrogen-bond donors (Lipinski definition) is 0. The third kappa shape index (κ3) is 4.01. The Morgan fingerprint density at radius 2 is 1.81 bits per heavy atom. The van der Waals surface area contributed by atoms with E-state index in [4.69, 9.17) is 0 Å². The van der Waals surface area contributed by atoms with Crippen LogP contribution in [-0.4, -0.2) is 24.5 Å². The molecule has 0 saturated heterocycles. The molecule has 2 fully saturated rings. The zero-order valence-corrected chi connectivity index (χ0v) is 14.6. The lowest BCUT2D eigenvalue weighted by Crippen LogP contribution is -2.46. The Morgan fingerprint density at radius 1 is 1.14 bits per heavy atom. The van der Waals surface area contributed by atoms with Crippen LogP contribution in [0.25, 0.3) is 0 Å². The van der Waals surface area contributed by atoms with Crippen LogP contribution in [0.3, 0.4) is 0 Å². The van der Waals surface area contributed by atoms with E-state index >= 15 is 0 Å². The molecule has 2 aliphatic carbocycles. The second kappa shape index (κ2) is 7.14. The lowest BCUT2D eigenvalue weighted by Gasteiger charge is -2.44. The van der Waals surface area contributed by atoms with Crippen LogP contribution < -0.4 is 0 Å². The molecule has 21 heavy (non-hydrogen) atoms. The molecule has 120 valence electrons. The van der Waals surface area contributed by atoms with Gasteiger partial charge in [-0.15, -0.1) is 0 Å². The van der Waals surface area contributed by atoms with Gasteiger partial charge in [-0.2, -0.15) is 5.26 Å². The second-order valence-electron chi connectivity index (χ2n) is 8.25. The molecule has 0 radical (unpaired) electrons. The Morgan fingerprint density at radius 3 is 2.38 bits per heavy atom. The van der Waals surface area contributed by atoms with Crippen molar-refractivity contribution < 1.29 is 0 Å². The van der Waals surface area contributed by atoms with E-state index in [0.717, 1.165) is 18.3 Å². The monoisotopic (exact) mass is 290 g/mol. The van der Waals surface area contributed by atoms with E-state index in [0.29, 0.717) is 11.5 Å². The van der Waals surface area contributed by atoms with Gasteiger partial charge in [0.2, 0.25) is 0 Å². The van der Waals surface area contributed by atoms with Crippen molar-refractivity contribution in [1.29, 1.82) is 5.26 Å². The summed E-state index contributed by atoms with van der Waals surface area (Å²) in [5.41, 5.74) is 0.423. The highest BCUT2D eigenvalue weighted by molar-refractivity contribution is 4.99. The summed E-state index contributed by atoms with van der Waals surface area (Å²) >= 11 is 0. The Bertz CT molecular complexity index is 362. The average molecular weight is 290 g/mol. The molecule has 3 atom stereocenters. The Hall–Kier alpha value is -0.550. The van der Waals surface area contributed by atoms with Crippen LogP contribution in [-0.2, 0) is 0 Å². The van der Waals surface area contributed by atoms with Gasteiger partial charge in [0.15, 0.2) is 0 Å². The fourth-order valence-electron chi connectivity index (χ4n) is 4.52. The maximum absolute atomic E-state index is 9.54. The SMILES string of the molecule is CCC(C)(C)C1CCC(C#N)C(N(C)CC2CCCC2)C1. The Labute approximate surface area is 131 Å². The molecular weight excluding hydrogens is 256 g/mol. The van der Waals surface area contributed by atoms with E-state index in [1.807, 2.05) is 0 Å². The standard InChI is InChI=1S/C19H34N2/c1-5-19(2,3)17-11-10-16(13-20)18(12-17)21(4)14-15-8-6-7-9-15/h15-18H,5-12,14H2,1-4H3. The molecule has 2 rings (SSSR count). The summed E-state index contributed by atoms with van der Waals surface area (Å²) in [6.07, 6.45) is 10.4. The van der Waals surface area contributed by atoms with Crippen LogP contribution >= 0.6 is 0 Å². The molecule has 0 aromatic carbocycles. The fourth-order valence-corrected chi connectivity index (χ4v) is 4.52. The van der Waals surface area contributed by atoms with Gasteiger partial charge in [0.1, 0.15) is 0 Å².